The number of amides is 1. The summed E-state index contributed by atoms with van der Waals surface area (Å²) in [4.78, 5) is 38.9. The van der Waals surface area contributed by atoms with Gasteiger partial charge in [-0.05, 0) is 126 Å². The van der Waals surface area contributed by atoms with Crippen LogP contribution in [0.3, 0.4) is 0 Å². The third-order valence-electron chi connectivity index (χ3n) is 11.4. The molecule has 10 nitrogen and oxygen atoms in total. The first-order valence-electron chi connectivity index (χ1n) is 20.2. The third-order valence-corrected chi connectivity index (χ3v) is 12.1. The first-order valence-corrected chi connectivity index (χ1v) is 20.9. The van der Waals surface area contributed by atoms with E-state index in [-0.39, 0.29) is 18.4 Å². The summed E-state index contributed by atoms with van der Waals surface area (Å²) in [5.74, 6) is 1.18. The number of halogens is 2. The molecular weight excluding hydrogens is 811 g/mol. The molecule has 1 unspecified atom stereocenters. The van der Waals surface area contributed by atoms with E-state index in [1.807, 2.05) is 111 Å². The number of nitrogens with zero attached hydrogens (tertiary/aromatic N) is 3. The molecule has 0 aliphatic carbocycles. The second-order valence-electron chi connectivity index (χ2n) is 15.5. The molecule has 0 fully saturated rings. The number of aromatic nitrogens is 2. The number of pyridine rings is 2. The number of rotatable bonds is 12. The van der Waals surface area contributed by atoms with Crippen molar-refractivity contribution >= 4 is 35.1 Å². The molecule has 4 heterocycles. The molecule has 3 atom stereocenters. The van der Waals surface area contributed by atoms with E-state index in [1.54, 1.807) is 12.1 Å². The molecule has 61 heavy (non-hydrogen) atoms. The Kier molecular flexibility index (Phi) is 12.6. The molecule has 1 amide bonds. The standard InChI is InChI=1S/C49H46Cl2N4O6/c1-29-6-5-7-38(53-29)26-55-25-37-24-46-45(60-28-47(61-46)35-13-15-39(16-14-35)59-27-33-10-17-41(50)42(51)20-33)23-36(37)22-44(55)48(56)54-43(49(57)58-4)21-32-8-11-34(12-9-32)40-18-19-52-31(3)30(40)2/h5-20,23-24,43-44,47H,21-22,25-28H2,1-4H3,(H,54,56)/t43?,44-,47+/m0/s1. The van der Waals surface area contributed by atoms with Crippen molar-refractivity contribution in [2.75, 3.05) is 13.7 Å². The minimum absolute atomic E-state index is 0.268. The number of hydrogen-bond donors (Lipinski definition) is 1. The van der Waals surface area contributed by atoms with Gasteiger partial charge in [-0.25, -0.2) is 4.79 Å². The first-order chi connectivity index (χ1) is 29.5. The quantitative estimate of drug-likeness (QED) is 0.120. The van der Waals surface area contributed by atoms with Crippen LogP contribution in [0.15, 0.2) is 109 Å². The second kappa shape index (κ2) is 18.4. The number of carbonyl (C=O) groups excluding carboxylic acids is 2. The summed E-state index contributed by atoms with van der Waals surface area (Å²) < 4.78 is 24.0. The molecule has 4 aromatic carbocycles. The van der Waals surface area contributed by atoms with Gasteiger partial charge in [-0.1, -0.05) is 71.7 Å². The fraction of sp³-hybridized carbons (Fsp3) is 0.265. The van der Waals surface area contributed by atoms with Gasteiger partial charge in [0.15, 0.2) is 17.6 Å². The van der Waals surface area contributed by atoms with E-state index in [0.717, 1.165) is 61.6 Å². The van der Waals surface area contributed by atoms with Crippen LogP contribution in [-0.4, -0.2) is 52.5 Å². The Morgan fingerprint density at radius 3 is 2.41 bits per heavy atom. The zero-order valence-electron chi connectivity index (χ0n) is 34.4. The summed E-state index contributed by atoms with van der Waals surface area (Å²) >= 11 is 12.2. The number of aryl methyl sites for hydroxylation is 2. The lowest BCUT2D eigenvalue weighted by atomic mass is 9.92. The Hall–Kier alpha value is -5.94. The highest BCUT2D eigenvalue weighted by Crippen LogP contribution is 2.41. The topological polar surface area (TPSA) is 112 Å². The summed E-state index contributed by atoms with van der Waals surface area (Å²) in [6.45, 7) is 7.54. The van der Waals surface area contributed by atoms with E-state index in [2.05, 4.69) is 22.1 Å². The Morgan fingerprint density at radius 1 is 0.885 bits per heavy atom. The summed E-state index contributed by atoms with van der Waals surface area (Å²) in [6, 6.07) is 31.6. The summed E-state index contributed by atoms with van der Waals surface area (Å²) in [6.07, 6.45) is 2.14. The van der Waals surface area contributed by atoms with E-state index in [4.69, 9.17) is 47.1 Å². The van der Waals surface area contributed by atoms with Gasteiger partial charge in [-0.3, -0.25) is 19.7 Å². The predicted octanol–water partition coefficient (Wildman–Crippen LogP) is 9.29. The van der Waals surface area contributed by atoms with Crippen molar-refractivity contribution in [3.8, 4) is 28.4 Å². The zero-order chi connectivity index (χ0) is 42.6. The highest BCUT2D eigenvalue weighted by atomic mass is 35.5. The van der Waals surface area contributed by atoms with Gasteiger partial charge in [0, 0.05) is 37.1 Å². The number of fused-ring (bicyclic) bond motifs is 2. The lowest BCUT2D eigenvalue weighted by Crippen LogP contribution is -2.54. The molecule has 2 aliphatic heterocycles. The van der Waals surface area contributed by atoms with Crippen LogP contribution in [0.25, 0.3) is 11.1 Å². The fourth-order valence-corrected chi connectivity index (χ4v) is 8.20. The van der Waals surface area contributed by atoms with Crippen molar-refractivity contribution in [3.63, 3.8) is 0 Å². The van der Waals surface area contributed by atoms with Gasteiger partial charge in [0.2, 0.25) is 5.91 Å². The van der Waals surface area contributed by atoms with Crippen molar-refractivity contribution in [2.45, 2.75) is 71.5 Å². The van der Waals surface area contributed by atoms with E-state index in [9.17, 15) is 9.59 Å². The molecule has 12 heteroatoms. The van der Waals surface area contributed by atoms with Gasteiger partial charge in [0.05, 0.1) is 28.9 Å². The van der Waals surface area contributed by atoms with Crippen molar-refractivity contribution in [3.05, 3.63) is 170 Å². The number of benzene rings is 4. The van der Waals surface area contributed by atoms with E-state index >= 15 is 0 Å². The van der Waals surface area contributed by atoms with Crippen LogP contribution in [0.2, 0.25) is 10.0 Å². The van der Waals surface area contributed by atoms with Gasteiger partial charge in [-0.2, -0.15) is 0 Å². The lowest BCUT2D eigenvalue weighted by molar-refractivity contribution is -0.146. The Labute approximate surface area is 365 Å². The minimum Gasteiger partial charge on any atom is -0.489 e. The molecule has 0 bridgehead atoms. The number of nitrogens with one attached hydrogen (secondary N) is 1. The first kappa shape index (κ1) is 41.8. The fourth-order valence-electron chi connectivity index (χ4n) is 7.88. The SMILES string of the molecule is COC(=O)C(Cc1ccc(-c2ccnc(C)c2C)cc1)NC(=O)[C@@H]1Cc2cc3c(cc2CN1Cc1cccc(C)n1)O[C@@H](c1ccc(OCc2ccc(Cl)c(Cl)c2)cc1)CO3. The van der Waals surface area contributed by atoms with Gasteiger partial charge < -0.3 is 24.3 Å². The highest BCUT2D eigenvalue weighted by Gasteiger charge is 2.36. The molecule has 2 aliphatic rings. The van der Waals surface area contributed by atoms with Gasteiger partial charge >= 0.3 is 5.97 Å². The van der Waals surface area contributed by atoms with Crippen LogP contribution in [0.5, 0.6) is 17.2 Å². The predicted molar refractivity (Wildman–Crippen MR) is 235 cm³/mol. The van der Waals surface area contributed by atoms with Crippen LogP contribution in [-0.2, 0) is 46.9 Å². The van der Waals surface area contributed by atoms with E-state index in [0.29, 0.717) is 60.0 Å². The Morgan fingerprint density at radius 2 is 1.66 bits per heavy atom. The zero-order valence-corrected chi connectivity index (χ0v) is 35.9. The number of esters is 1. The minimum atomic E-state index is -0.894. The monoisotopic (exact) mass is 856 g/mol. The van der Waals surface area contributed by atoms with Crippen molar-refractivity contribution < 1.29 is 28.5 Å². The van der Waals surface area contributed by atoms with Gasteiger partial charge in [-0.15, -0.1) is 0 Å². The molecule has 0 spiro atoms. The molecule has 1 N–H and O–H groups in total. The average Bonchev–Trinajstić information content (AvgIpc) is 3.26. The van der Waals surface area contributed by atoms with Gasteiger partial charge in [0.1, 0.15) is 25.0 Å². The molecule has 0 saturated heterocycles. The highest BCUT2D eigenvalue weighted by molar-refractivity contribution is 6.42. The summed E-state index contributed by atoms with van der Waals surface area (Å²) in [7, 11) is 1.34. The number of carbonyl (C=O) groups is 2. The maximum atomic E-state index is 14.4. The van der Waals surface area contributed by atoms with Crippen molar-refractivity contribution in [1.82, 2.24) is 20.2 Å². The van der Waals surface area contributed by atoms with Crippen molar-refractivity contribution in [2.24, 2.45) is 0 Å². The average molecular weight is 858 g/mol. The molecule has 312 valence electrons. The van der Waals surface area contributed by atoms with Crippen LogP contribution < -0.4 is 19.5 Å². The third kappa shape index (κ3) is 9.67. The van der Waals surface area contributed by atoms with Crippen LogP contribution in [0.4, 0.5) is 0 Å². The maximum absolute atomic E-state index is 14.4. The van der Waals surface area contributed by atoms with E-state index in [1.165, 1.54) is 7.11 Å². The van der Waals surface area contributed by atoms with Crippen LogP contribution in [0.1, 0.15) is 56.6 Å². The summed E-state index contributed by atoms with van der Waals surface area (Å²) in [5.41, 5.74) is 10.7. The van der Waals surface area contributed by atoms with Crippen molar-refractivity contribution in [1.29, 1.82) is 0 Å². The lowest BCUT2D eigenvalue weighted by Gasteiger charge is -2.37. The smallest absolute Gasteiger partial charge is 0.328 e. The molecule has 2 aromatic heterocycles. The normalized spacial score (nSPS) is 16.3. The molecule has 6 aromatic rings. The van der Waals surface area contributed by atoms with E-state index < -0.39 is 18.1 Å². The van der Waals surface area contributed by atoms with Crippen LogP contribution in [0, 0.1) is 20.8 Å². The van der Waals surface area contributed by atoms with Crippen LogP contribution >= 0.6 is 23.2 Å². The number of hydrogen-bond acceptors (Lipinski definition) is 9. The largest absolute Gasteiger partial charge is 0.489 e. The molecule has 0 radical (unpaired) electrons. The van der Waals surface area contributed by atoms with Gasteiger partial charge in [0.25, 0.3) is 0 Å². The summed E-state index contributed by atoms with van der Waals surface area (Å²) in [5, 5.41) is 4.05. The molecule has 8 rings (SSSR count). The Bertz CT molecular complexity index is 2570. The number of ether oxygens (including phenoxy) is 4. The second-order valence-corrected chi connectivity index (χ2v) is 16.4. The maximum Gasteiger partial charge on any atom is 0.328 e. The Balaban J connectivity index is 0.981. The molecular formula is C49H46Cl2N4O6. The number of methoxy groups -OCH3 is 1. The molecule has 0 saturated carbocycles.